The van der Waals surface area contributed by atoms with Gasteiger partial charge in [0, 0.05) is 49.6 Å². The maximum Gasteiger partial charge on any atom is 0.432 e. The number of aliphatic hydroxyl groups excluding tert-OH is 3. The van der Waals surface area contributed by atoms with Gasteiger partial charge in [-0.3, -0.25) is 56.9 Å². The SMILES string of the molecule is CC.CC.CCC(C)C1NC(=O)CNC(=O)C2Cc3c([nH]c4cc(O)ccc34)S(=O)C[C@H](NC(=O)CNC1=O)C(=O)NC(CC(N)=O)C(=O)/C(C)=C(\CCCCCNC(=O)ON1C(=O)CCC1=O)[C@H](O)CC(N)C(=O)NC([C@@H](C)C(O)CO)C(=O)N2. The Hall–Kier alpha value is -7.87. The molecule has 1 saturated heterocycles. The number of aliphatic hydroxyl groups is 3. The lowest BCUT2D eigenvalue weighted by atomic mass is 9.89. The van der Waals surface area contributed by atoms with E-state index in [4.69, 9.17) is 16.3 Å². The molecule has 3 aliphatic rings. The van der Waals surface area contributed by atoms with Gasteiger partial charge in [0.1, 0.15) is 41.0 Å². The molecule has 30 nitrogen and oxygen atoms in total. The van der Waals surface area contributed by atoms with Gasteiger partial charge in [0.2, 0.25) is 47.3 Å². The van der Waals surface area contributed by atoms with Gasteiger partial charge in [-0.1, -0.05) is 61.3 Å². The molecule has 11 atom stereocenters. The number of imide groups is 1. The van der Waals surface area contributed by atoms with Crippen molar-refractivity contribution in [2.75, 3.05) is 32.0 Å². The number of H-pyrrole nitrogens is 1. The summed E-state index contributed by atoms with van der Waals surface area (Å²) in [5.74, 6) is -14.0. The van der Waals surface area contributed by atoms with Gasteiger partial charge in [-0.2, -0.15) is 0 Å². The van der Waals surface area contributed by atoms with Crippen molar-refractivity contribution in [2.45, 2.75) is 173 Å². The van der Waals surface area contributed by atoms with Gasteiger partial charge in [-0.15, -0.1) is 5.06 Å². The molecule has 1 aromatic carbocycles. The van der Waals surface area contributed by atoms with E-state index in [1.165, 1.54) is 32.0 Å². The molecule has 1 fully saturated rings. The number of hydroxylamine groups is 2. The highest BCUT2D eigenvalue weighted by Gasteiger charge is 2.39. The summed E-state index contributed by atoms with van der Waals surface area (Å²) < 4.78 is 14.9. The first-order valence-electron chi connectivity index (χ1n) is 28.6. The van der Waals surface area contributed by atoms with Crippen LogP contribution in [0.2, 0.25) is 0 Å². The van der Waals surface area contributed by atoms with Gasteiger partial charge < -0.3 is 84.2 Å². The minimum Gasteiger partial charge on any atom is -0.508 e. The number of aromatic amines is 1. The maximum atomic E-state index is 14.9. The second-order valence-corrected chi connectivity index (χ2v) is 21.8. The van der Waals surface area contributed by atoms with Crippen molar-refractivity contribution in [3.63, 3.8) is 0 Å². The van der Waals surface area contributed by atoms with Gasteiger partial charge in [0.05, 0.1) is 66.4 Å². The number of unbranched alkanes of at least 4 members (excludes halogenated alkanes) is 2. The molecule has 17 N–H and O–H groups in total. The highest BCUT2D eigenvalue weighted by molar-refractivity contribution is 7.85. The molecule has 86 heavy (non-hydrogen) atoms. The highest BCUT2D eigenvalue weighted by atomic mass is 32.2. The summed E-state index contributed by atoms with van der Waals surface area (Å²) in [5.41, 5.74) is 11.8. The van der Waals surface area contributed by atoms with Crippen LogP contribution in [0.25, 0.3) is 10.9 Å². The average Bonchev–Trinajstić information content (AvgIpc) is 1.83. The van der Waals surface area contributed by atoms with E-state index in [9.17, 15) is 82.2 Å². The average molecular weight is 1230 g/mol. The van der Waals surface area contributed by atoms with Crippen LogP contribution < -0.4 is 54.0 Å². The number of phenolic OH excluding ortho intramolecular Hbond substituents is 1. The number of carbonyl (C=O) groups excluding carboxylic acids is 12. The largest absolute Gasteiger partial charge is 0.508 e. The van der Waals surface area contributed by atoms with Crippen LogP contribution in [0.3, 0.4) is 0 Å². The Morgan fingerprint density at radius 1 is 0.814 bits per heavy atom. The van der Waals surface area contributed by atoms with Gasteiger partial charge in [0.25, 0.3) is 11.8 Å². The van der Waals surface area contributed by atoms with Gasteiger partial charge in [0.15, 0.2) is 5.78 Å². The third-order valence-electron chi connectivity index (χ3n) is 14.3. The minimum absolute atomic E-state index is 0.0154. The molecule has 0 aliphatic carbocycles. The number of rotatable bonds is 14. The zero-order chi connectivity index (χ0) is 64.7. The summed E-state index contributed by atoms with van der Waals surface area (Å²) in [4.78, 5) is 170. The summed E-state index contributed by atoms with van der Waals surface area (Å²) in [7, 11) is -2.49. The van der Waals surface area contributed by atoms with Crippen LogP contribution in [0, 0.1) is 11.8 Å². The normalized spacial score (nSPS) is 25.4. The first-order valence-corrected chi connectivity index (χ1v) is 29.9. The molecule has 31 heteroatoms. The van der Waals surface area contributed by atoms with Crippen molar-refractivity contribution in [3.05, 3.63) is 34.9 Å². The lowest BCUT2D eigenvalue weighted by Gasteiger charge is -2.30. The topological polar surface area (TPSA) is 479 Å². The van der Waals surface area contributed by atoms with Gasteiger partial charge in [-0.25, -0.2) is 4.79 Å². The number of Topliss-reactive ketones (excluding diaryl/α,β-unsaturated/α-hetero) is 1. The van der Waals surface area contributed by atoms with Crippen molar-refractivity contribution < 1.29 is 87.0 Å². The smallest absolute Gasteiger partial charge is 0.432 e. The predicted molar refractivity (Wildman–Crippen MR) is 309 cm³/mol. The molecule has 0 spiro atoms. The van der Waals surface area contributed by atoms with Crippen molar-refractivity contribution in [1.29, 1.82) is 0 Å². The lowest BCUT2D eigenvalue weighted by molar-refractivity contribution is -0.171. The van der Waals surface area contributed by atoms with Crippen LogP contribution in [-0.2, 0) is 74.8 Å². The van der Waals surface area contributed by atoms with Crippen LogP contribution in [0.5, 0.6) is 5.75 Å². The Morgan fingerprint density at radius 2 is 1.44 bits per heavy atom. The number of aromatic hydroxyl groups is 1. The van der Waals surface area contributed by atoms with Crippen molar-refractivity contribution in [1.82, 2.24) is 52.6 Å². The summed E-state index contributed by atoms with van der Waals surface area (Å²) in [5, 5.41) is 63.1. The maximum absolute atomic E-state index is 14.9. The Balaban J connectivity index is 0.00000474. The van der Waals surface area contributed by atoms with Crippen LogP contribution in [0.4, 0.5) is 4.79 Å². The highest BCUT2D eigenvalue weighted by Crippen LogP contribution is 2.30. The second-order valence-electron chi connectivity index (χ2n) is 20.3. The third-order valence-corrected chi connectivity index (χ3v) is 15.8. The number of fused-ring (bicyclic) bond motifs is 4. The first-order chi connectivity index (χ1) is 40.7. The van der Waals surface area contributed by atoms with E-state index in [0.717, 1.165) is 0 Å². The number of primary amides is 1. The fraction of sp³-hybridized carbons (Fsp3) is 0.600. The van der Waals surface area contributed by atoms with E-state index < -0.39 is 187 Å². The Morgan fingerprint density at radius 3 is 2.06 bits per heavy atom. The predicted octanol–water partition coefficient (Wildman–Crippen LogP) is -2.52. The standard InChI is InChI=1S/C51H72N12O18S.2C2H6/c1-5-23(2)42-48(77)56-19-38(69)57-34-22-82(80)50-29(28-11-10-26(65)15-31(28)60-50)16-33(46(75)55-20-39(70)61-42)59-49(78)43(25(4)36(67)21-64)62-45(74)30(52)17-35(66)27(24(3)44(73)32(18-37(53)68)58-47(34)76)9-7-6-8-14-54-51(79)81-63-40(71)12-13-41(63)72;2*1-2/h10-11,15,23,25,30,32-36,42-43,60,64-67H,5-9,12-14,16-22,52H2,1-4H3,(H2,53,68)(H,54,79)(H,55,75)(H,56,77)(H,57,69)(H,58,76)(H,59,78)(H,61,70)(H,62,74);2*1-2H3/b27-24+;;/t23?,25-,30?,32?,33?,34-,35+,36?,42?,43?,82?;;/m0../s1. The van der Waals surface area contributed by atoms with Crippen molar-refractivity contribution in [3.8, 4) is 5.75 Å². The number of amides is 11. The summed E-state index contributed by atoms with van der Waals surface area (Å²) >= 11 is 0. The third kappa shape index (κ3) is 20.4. The molecular formula is C55H84N12O18S. The molecule has 4 heterocycles. The number of benzene rings is 1. The monoisotopic (exact) mass is 1230 g/mol. The fourth-order valence-electron chi connectivity index (χ4n) is 9.31. The Bertz CT molecular complexity index is 2850. The van der Waals surface area contributed by atoms with Gasteiger partial charge >= 0.3 is 6.09 Å². The molecule has 0 radical (unpaired) electrons. The summed E-state index contributed by atoms with van der Waals surface area (Å²) in [6.45, 7) is 11.3. The zero-order valence-corrected chi connectivity index (χ0v) is 50.4. The number of ketones is 1. The quantitative estimate of drug-likeness (QED) is 0.0686. The number of nitrogens with two attached hydrogens (primary N) is 2. The second kappa shape index (κ2) is 34.9. The van der Waals surface area contributed by atoms with E-state index in [1.54, 1.807) is 13.8 Å². The number of aromatic nitrogens is 1. The van der Waals surface area contributed by atoms with E-state index in [-0.39, 0.29) is 83.5 Å². The molecule has 3 aliphatic heterocycles. The molecule has 1 aromatic heterocycles. The number of phenols is 1. The van der Waals surface area contributed by atoms with Crippen LogP contribution >= 0.6 is 0 Å². The molecule has 0 saturated carbocycles. The molecule has 5 rings (SSSR count). The summed E-state index contributed by atoms with van der Waals surface area (Å²) in [6, 6.07) is -6.55. The minimum atomic E-state index is -2.49. The molecule has 11 amide bonds. The lowest BCUT2D eigenvalue weighted by Crippen LogP contribution is -2.60. The first kappa shape index (κ1) is 72.4. The number of hydrogen-bond donors (Lipinski definition) is 15. The van der Waals surface area contributed by atoms with Gasteiger partial charge in [-0.05, 0) is 60.9 Å². The van der Waals surface area contributed by atoms with E-state index >= 15 is 0 Å². The van der Waals surface area contributed by atoms with E-state index in [0.29, 0.717) is 11.5 Å². The Labute approximate surface area is 499 Å². The summed E-state index contributed by atoms with van der Waals surface area (Å²) in [6.07, 6.45) is -6.17. The van der Waals surface area contributed by atoms with E-state index in [2.05, 4.69) is 47.5 Å². The van der Waals surface area contributed by atoms with Crippen molar-refractivity contribution >= 4 is 92.7 Å². The number of nitrogens with one attached hydrogen (secondary N) is 9. The molecule has 478 valence electrons. The molecule has 2 bridgehead atoms. The Kier molecular flexibility index (Phi) is 29.4. The zero-order valence-electron chi connectivity index (χ0n) is 49.6. The molecule has 2 aromatic rings. The molecular weight excluding hydrogens is 1150 g/mol. The fourth-order valence-corrected chi connectivity index (χ4v) is 10.7. The van der Waals surface area contributed by atoms with Crippen LogP contribution in [0.1, 0.15) is 119 Å². The number of carbonyl (C=O) groups is 12. The van der Waals surface area contributed by atoms with Crippen LogP contribution in [-0.4, -0.2) is 186 Å². The van der Waals surface area contributed by atoms with E-state index in [1.807, 2.05) is 27.7 Å². The van der Waals surface area contributed by atoms with Crippen LogP contribution in [0.15, 0.2) is 34.4 Å². The molecule has 8 unspecified atom stereocenters. The number of nitrogens with zero attached hydrogens (tertiary/aromatic N) is 1. The number of hydrogen-bond acceptors (Lipinski definition) is 19. The van der Waals surface area contributed by atoms with Crippen molar-refractivity contribution in [2.24, 2.45) is 23.3 Å².